The van der Waals surface area contributed by atoms with Crippen LogP contribution in [0.2, 0.25) is 0 Å². The molecule has 0 radical (unpaired) electrons. The van der Waals surface area contributed by atoms with E-state index in [0.717, 1.165) is 11.1 Å². The zero-order valence-electron chi connectivity index (χ0n) is 12.7. The van der Waals surface area contributed by atoms with Crippen molar-refractivity contribution in [2.24, 2.45) is 0 Å². The number of benzene rings is 3. The summed E-state index contributed by atoms with van der Waals surface area (Å²) in [5.74, 6) is 6.07. The van der Waals surface area contributed by atoms with Gasteiger partial charge in [0.15, 0.2) is 0 Å². The predicted octanol–water partition coefficient (Wildman–Crippen LogP) is 3.62. The molecular formula is C20H14O3S. The molecule has 0 saturated carbocycles. The number of rotatable bonds is 2. The average Bonchev–Trinajstić information content (AvgIpc) is 2.61. The highest BCUT2D eigenvalue weighted by Crippen LogP contribution is 2.22. The van der Waals surface area contributed by atoms with Gasteiger partial charge in [0.2, 0.25) is 9.84 Å². The first-order valence-corrected chi connectivity index (χ1v) is 8.75. The molecule has 3 nitrogen and oxygen atoms in total. The van der Waals surface area contributed by atoms with Crippen LogP contribution in [0.3, 0.4) is 0 Å². The average molecular weight is 334 g/mol. The summed E-state index contributed by atoms with van der Waals surface area (Å²) in [5, 5.41) is 9.27. The van der Waals surface area contributed by atoms with Crippen LogP contribution in [0.4, 0.5) is 0 Å². The van der Waals surface area contributed by atoms with Gasteiger partial charge >= 0.3 is 0 Å². The van der Waals surface area contributed by atoms with E-state index < -0.39 is 9.84 Å². The molecule has 3 aromatic carbocycles. The van der Waals surface area contributed by atoms with Gasteiger partial charge in [-0.1, -0.05) is 30.0 Å². The Labute approximate surface area is 141 Å². The van der Waals surface area contributed by atoms with Gasteiger partial charge in [-0.2, -0.15) is 0 Å². The fourth-order valence-electron chi connectivity index (χ4n) is 2.14. The minimum atomic E-state index is -3.60. The molecule has 0 aliphatic carbocycles. The van der Waals surface area contributed by atoms with Crippen LogP contribution in [0.25, 0.3) is 0 Å². The summed E-state index contributed by atoms with van der Waals surface area (Å²) in [4.78, 5) is 0.335. The first-order valence-electron chi connectivity index (χ1n) is 7.27. The van der Waals surface area contributed by atoms with E-state index in [1.165, 1.54) is 36.4 Å². The quantitative estimate of drug-likeness (QED) is 0.728. The molecular weight excluding hydrogens is 320 g/mol. The molecule has 1 N–H and O–H groups in total. The van der Waals surface area contributed by atoms with Crippen molar-refractivity contribution in [3.8, 4) is 17.6 Å². The third-order valence-electron chi connectivity index (χ3n) is 3.44. The summed E-state index contributed by atoms with van der Waals surface area (Å²) in [6, 6.07) is 21.5. The SMILES string of the molecule is O=S(=O)(c1ccc(O)cc1)c1ccc(C#Cc2ccccc2)cc1. The zero-order valence-corrected chi connectivity index (χ0v) is 13.5. The standard InChI is InChI=1S/C20H14O3S/c21-18-10-14-20(15-11-18)24(22,23)19-12-8-17(9-13-19)7-6-16-4-2-1-3-5-16/h1-5,8-15,21H. The van der Waals surface area contributed by atoms with Crippen LogP contribution in [0.1, 0.15) is 11.1 Å². The number of aromatic hydroxyl groups is 1. The number of phenolic OH excluding ortho intramolecular Hbond substituents is 1. The highest BCUT2D eigenvalue weighted by Gasteiger charge is 2.17. The molecule has 0 unspecified atom stereocenters. The van der Waals surface area contributed by atoms with E-state index >= 15 is 0 Å². The third-order valence-corrected chi connectivity index (χ3v) is 5.22. The lowest BCUT2D eigenvalue weighted by Crippen LogP contribution is -2.01. The van der Waals surface area contributed by atoms with Crippen molar-refractivity contribution in [3.63, 3.8) is 0 Å². The van der Waals surface area contributed by atoms with Crippen molar-refractivity contribution in [3.05, 3.63) is 90.0 Å². The van der Waals surface area contributed by atoms with Gasteiger partial charge in [-0.15, -0.1) is 0 Å². The summed E-state index contributed by atoms with van der Waals surface area (Å²) in [7, 11) is -3.60. The lowest BCUT2D eigenvalue weighted by molar-refractivity contribution is 0.475. The van der Waals surface area contributed by atoms with Crippen molar-refractivity contribution in [2.45, 2.75) is 9.79 Å². The van der Waals surface area contributed by atoms with E-state index in [0.29, 0.717) is 0 Å². The molecule has 0 atom stereocenters. The molecule has 0 aromatic heterocycles. The molecule has 0 aliphatic heterocycles. The Morgan fingerprint density at radius 3 is 1.62 bits per heavy atom. The van der Waals surface area contributed by atoms with Gasteiger partial charge in [0, 0.05) is 11.1 Å². The van der Waals surface area contributed by atoms with Crippen LogP contribution in [0.5, 0.6) is 5.75 Å². The van der Waals surface area contributed by atoms with Gasteiger partial charge in [-0.05, 0) is 60.7 Å². The minimum Gasteiger partial charge on any atom is -0.508 e. The third kappa shape index (κ3) is 3.48. The topological polar surface area (TPSA) is 54.4 Å². The highest BCUT2D eigenvalue weighted by molar-refractivity contribution is 7.91. The minimum absolute atomic E-state index is 0.0282. The lowest BCUT2D eigenvalue weighted by Gasteiger charge is -2.04. The van der Waals surface area contributed by atoms with E-state index in [2.05, 4.69) is 11.8 Å². The summed E-state index contributed by atoms with van der Waals surface area (Å²) in [6.45, 7) is 0. The molecule has 0 heterocycles. The van der Waals surface area contributed by atoms with E-state index in [1.807, 2.05) is 30.3 Å². The first kappa shape index (κ1) is 15.9. The maximum absolute atomic E-state index is 12.5. The molecule has 0 fully saturated rings. The normalized spacial score (nSPS) is 10.7. The maximum Gasteiger partial charge on any atom is 0.206 e. The van der Waals surface area contributed by atoms with E-state index in [-0.39, 0.29) is 15.5 Å². The highest BCUT2D eigenvalue weighted by atomic mass is 32.2. The lowest BCUT2D eigenvalue weighted by atomic mass is 10.2. The maximum atomic E-state index is 12.5. The Morgan fingerprint density at radius 2 is 1.08 bits per heavy atom. The van der Waals surface area contributed by atoms with Crippen LogP contribution in [0.15, 0.2) is 88.7 Å². The Bertz CT molecular complexity index is 992. The Balaban J connectivity index is 1.87. The predicted molar refractivity (Wildman–Crippen MR) is 92.4 cm³/mol. The number of hydrogen-bond acceptors (Lipinski definition) is 3. The monoisotopic (exact) mass is 334 g/mol. The van der Waals surface area contributed by atoms with Gasteiger partial charge < -0.3 is 5.11 Å². The number of phenols is 1. The molecule has 3 rings (SSSR count). The van der Waals surface area contributed by atoms with Crippen molar-refractivity contribution in [1.82, 2.24) is 0 Å². The molecule has 24 heavy (non-hydrogen) atoms. The second kappa shape index (κ2) is 6.61. The molecule has 0 bridgehead atoms. The largest absolute Gasteiger partial charge is 0.508 e. The van der Waals surface area contributed by atoms with E-state index in [9.17, 15) is 13.5 Å². The molecule has 0 amide bonds. The Kier molecular flexibility index (Phi) is 4.37. The van der Waals surface area contributed by atoms with Crippen molar-refractivity contribution < 1.29 is 13.5 Å². The smallest absolute Gasteiger partial charge is 0.206 e. The second-order valence-corrected chi connectivity index (χ2v) is 7.09. The number of hydrogen-bond donors (Lipinski definition) is 1. The van der Waals surface area contributed by atoms with Gasteiger partial charge in [-0.3, -0.25) is 0 Å². The van der Waals surface area contributed by atoms with Crippen LogP contribution < -0.4 is 0 Å². The molecule has 0 saturated heterocycles. The van der Waals surface area contributed by atoms with Crippen LogP contribution in [-0.2, 0) is 9.84 Å². The molecule has 118 valence electrons. The molecule has 4 heteroatoms. The van der Waals surface area contributed by atoms with Crippen LogP contribution in [0, 0.1) is 11.8 Å². The summed E-state index contributed by atoms with van der Waals surface area (Å²) in [6.07, 6.45) is 0. The van der Waals surface area contributed by atoms with Crippen LogP contribution >= 0.6 is 0 Å². The summed E-state index contributed by atoms with van der Waals surface area (Å²) >= 11 is 0. The van der Waals surface area contributed by atoms with Crippen molar-refractivity contribution in [1.29, 1.82) is 0 Å². The molecule has 0 aliphatic rings. The number of sulfone groups is 1. The van der Waals surface area contributed by atoms with Crippen LogP contribution in [-0.4, -0.2) is 13.5 Å². The Hall–Kier alpha value is -3.03. The zero-order chi connectivity index (χ0) is 17.0. The summed E-state index contributed by atoms with van der Waals surface area (Å²) in [5.41, 5.74) is 1.64. The fraction of sp³-hybridized carbons (Fsp3) is 0. The van der Waals surface area contributed by atoms with E-state index in [4.69, 9.17) is 0 Å². The van der Waals surface area contributed by atoms with Crippen molar-refractivity contribution >= 4 is 9.84 Å². The van der Waals surface area contributed by atoms with Gasteiger partial charge in [-0.25, -0.2) is 8.42 Å². The van der Waals surface area contributed by atoms with Gasteiger partial charge in [0.25, 0.3) is 0 Å². The Morgan fingerprint density at radius 1 is 0.625 bits per heavy atom. The van der Waals surface area contributed by atoms with Crippen molar-refractivity contribution in [2.75, 3.05) is 0 Å². The molecule has 0 spiro atoms. The second-order valence-electron chi connectivity index (χ2n) is 5.14. The first-order chi connectivity index (χ1) is 11.6. The van der Waals surface area contributed by atoms with Gasteiger partial charge in [0.1, 0.15) is 5.75 Å². The molecule has 3 aromatic rings. The van der Waals surface area contributed by atoms with Gasteiger partial charge in [0.05, 0.1) is 9.79 Å². The van der Waals surface area contributed by atoms with E-state index in [1.54, 1.807) is 12.1 Å². The summed E-state index contributed by atoms with van der Waals surface area (Å²) < 4.78 is 25.0. The fourth-order valence-corrected chi connectivity index (χ4v) is 3.41.